The van der Waals surface area contributed by atoms with E-state index in [1.807, 2.05) is 48.5 Å². The molecule has 6 heteroatoms. The van der Waals surface area contributed by atoms with E-state index in [4.69, 9.17) is 23.8 Å². The molecular formula is C51H30N4O2. The number of aromatic nitrogens is 4. The zero-order valence-electron chi connectivity index (χ0n) is 30.4. The monoisotopic (exact) mass is 730 g/mol. The van der Waals surface area contributed by atoms with Crippen molar-refractivity contribution in [3.05, 3.63) is 182 Å². The molecule has 0 amide bonds. The first-order valence-electron chi connectivity index (χ1n) is 19.0. The van der Waals surface area contributed by atoms with Crippen LogP contribution >= 0.6 is 0 Å². The number of hydrogen-bond acceptors (Lipinski definition) is 5. The van der Waals surface area contributed by atoms with Gasteiger partial charge in [0.25, 0.3) is 0 Å². The highest BCUT2D eigenvalue weighted by Crippen LogP contribution is 2.43. The SMILES string of the molecule is c1ccc(-c2ccc(-c3nc(-c4ccc5oc6ccccc6c5c4)nc(-c4cccc5c4oc4c5ccc5c6ccccc6n(-c6ccccc6)c54)n3)cc2)cc1. The standard InChI is InChI=1S/C51H30N4O2/c1-3-12-31(13-4-1)32-22-24-33(25-23-32)49-52-50(34-26-29-45-42(30-34)37-17-8-10-21-44(37)56-45)54-51(53-49)41-19-11-18-39-40-28-27-38-36-16-7-9-20-43(36)55(35-14-5-2-6-15-35)46(38)48(40)57-47(39)41/h1-30H. The molecule has 6 nitrogen and oxygen atoms in total. The molecule has 0 atom stereocenters. The van der Waals surface area contributed by atoms with Crippen LogP contribution in [0, 0.1) is 0 Å². The first-order chi connectivity index (χ1) is 28.2. The first-order valence-corrected chi connectivity index (χ1v) is 19.0. The quantitative estimate of drug-likeness (QED) is 0.176. The number of rotatable bonds is 5. The molecular weight excluding hydrogens is 701 g/mol. The molecule has 0 fully saturated rings. The largest absolute Gasteiger partial charge is 0.456 e. The second kappa shape index (κ2) is 12.3. The Kier molecular flexibility index (Phi) is 6.83. The highest BCUT2D eigenvalue weighted by atomic mass is 16.3. The van der Waals surface area contributed by atoms with Crippen LogP contribution in [0.3, 0.4) is 0 Å². The van der Waals surface area contributed by atoms with Gasteiger partial charge in [-0.25, -0.2) is 15.0 Å². The van der Waals surface area contributed by atoms with E-state index in [0.717, 1.165) is 93.8 Å². The van der Waals surface area contributed by atoms with E-state index >= 15 is 0 Å². The topological polar surface area (TPSA) is 69.9 Å². The lowest BCUT2D eigenvalue weighted by atomic mass is 10.0. The molecule has 0 aliphatic carbocycles. The molecule has 0 aliphatic heterocycles. The van der Waals surface area contributed by atoms with Gasteiger partial charge >= 0.3 is 0 Å². The van der Waals surface area contributed by atoms with Crippen molar-refractivity contribution in [1.82, 2.24) is 19.5 Å². The van der Waals surface area contributed by atoms with Crippen LogP contribution in [0.2, 0.25) is 0 Å². The van der Waals surface area contributed by atoms with E-state index in [1.54, 1.807) is 0 Å². The van der Waals surface area contributed by atoms with Crippen molar-refractivity contribution >= 4 is 65.7 Å². The second-order valence-electron chi connectivity index (χ2n) is 14.4. The maximum atomic E-state index is 7.06. The van der Waals surface area contributed by atoms with Gasteiger partial charge in [0, 0.05) is 49.1 Å². The Balaban J connectivity index is 1.09. The minimum atomic E-state index is 0.531. The number of para-hydroxylation sites is 4. The first kappa shape index (κ1) is 31.5. The molecule has 0 radical (unpaired) electrons. The summed E-state index contributed by atoms with van der Waals surface area (Å²) < 4.78 is 15.5. The second-order valence-corrected chi connectivity index (χ2v) is 14.4. The number of fused-ring (bicyclic) bond motifs is 10. The third-order valence-corrected chi connectivity index (χ3v) is 11.1. The third-order valence-electron chi connectivity index (χ3n) is 11.1. The Bertz CT molecular complexity index is 3510. The van der Waals surface area contributed by atoms with Gasteiger partial charge < -0.3 is 13.4 Å². The van der Waals surface area contributed by atoms with E-state index in [0.29, 0.717) is 17.5 Å². The zero-order chi connectivity index (χ0) is 37.5. The summed E-state index contributed by atoms with van der Waals surface area (Å²) in [5.41, 5.74) is 11.3. The van der Waals surface area contributed by atoms with Gasteiger partial charge in [-0.3, -0.25) is 0 Å². The molecule has 12 rings (SSSR count). The number of hydrogen-bond donors (Lipinski definition) is 0. The zero-order valence-corrected chi connectivity index (χ0v) is 30.4. The molecule has 0 saturated carbocycles. The van der Waals surface area contributed by atoms with Crippen molar-refractivity contribution in [1.29, 1.82) is 0 Å². The van der Waals surface area contributed by atoms with Crippen LogP contribution in [0.4, 0.5) is 0 Å². The van der Waals surface area contributed by atoms with Crippen LogP contribution < -0.4 is 0 Å². The van der Waals surface area contributed by atoms with Crippen LogP contribution in [0.5, 0.6) is 0 Å². The van der Waals surface area contributed by atoms with Crippen molar-refractivity contribution in [2.75, 3.05) is 0 Å². The Morgan fingerprint density at radius 3 is 1.79 bits per heavy atom. The van der Waals surface area contributed by atoms with Gasteiger partial charge in [-0.2, -0.15) is 0 Å². The summed E-state index contributed by atoms with van der Waals surface area (Å²) in [7, 11) is 0. The molecule has 0 unspecified atom stereocenters. The number of furan rings is 2. The summed E-state index contributed by atoms with van der Waals surface area (Å²) in [6.07, 6.45) is 0. The maximum Gasteiger partial charge on any atom is 0.167 e. The Morgan fingerprint density at radius 1 is 0.351 bits per heavy atom. The van der Waals surface area contributed by atoms with E-state index in [2.05, 4.69) is 138 Å². The fraction of sp³-hybridized carbons (Fsp3) is 0. The number of nitrogens with zero attached hydrogens (tertiary/aromatic N) is 4. The minimum Gasteiger partial charge on any atom is -0.456 e. The summed E-state index contributed by atoms with van der Waals surface area (Å²) in [5.74, 6) is 1.67. The van der Waals surface area contributed by atoms with Crippen molar-refractivity contribution in [3.63, 3.8) is 0 Å². The lowest BCUT2D eigenvalue weighted by molar-refractivity contribution is 0.669. The highest BCUT2D eigenvalue weighted by Gasteiger charge is 2.22. The summed E-state index contributed by atoms with van der Waals surface area (Å²) in [6.45, 7) is 0. The fourth-order valence-corrected chi connectivity index (χ4v) is 8.39. The summed E-state index contributed by atoms with van der Waals surface area (Å²) >= 11 is 0. The smallest absolute Gasteiger partial charge is 0.167 e. The molecule has 4 heterocycles. The molecule has 8 aromatic carbocycles. The lowest BCUT2D eigenvalue weighted by Gasteiger charge is -2.10. The molecule has 0 bridgehead atoms. The van der Waals surface area contributed by atoms with Gasteiger partial charge in [-0.05, 0) is 65.7 Å². The maximum absolute atomic E-state index is 7.06. The normalized spacial score (nSPS) is 11.9. The van der Waals surface area contributed by atoms with Crippen LogP contribution in [0.1, 0.15) is 0 Å². The van der Waals surface area contributed by atoms with Crippen molar-refractivity contribution < 1.29 is 8.83 Å². The van der Waals surface area contributed by atoms with E-state index in [1.165, 1.54) is 5.39 Å². The molecule has 0 saturated heterocycles. The minimum absolute atomic E-state index is 0.531. The van der Waals surface area contributed by atoms with Crippen molar-refractivity contribution in [2.45, 2.75) is 0 Å². The predicted molar refractivity (Wildman–Crippen MR) is 230 cm³/mol. The van der Waals surface area contributed by atoms with Crippen LogP contribution in [-0.2, 0) is 0 Å². The summed E-state index contributed by atoms with van der Waals surface area (Å²) in [4.78, 5) is 15.5. The van der Waals surface area contributed by atoms with Gasteiger partial charge in [-0.1, -0.05) is 127 Å². The third kappa shape index (κ3) is 4.94. The molecule has 12 aromatic rings. The Labute approximate surface area is 325 Å². The predicted octanol–water partition coefficient (Wildman–Crippen LogP) is 13.4. The van der Waals surface area contributed by atoms with Gasteiger partial charge in [0.05, 0.1) is 16.6 Å². The highest BCUT2D eigenvalue weighted by molar-refractivity contribution is 6.22. The van der Waals surface area contributed by atoms with Crippen LogP contribution in [-0.4, -0.2) is 19.5 Å². The Morgan fingerprint density at radius 2 is 0.947 bits per heavy atom. The molecule has 0 spiro atoms. The molecule has 4 aromatic heterocycles. The van der Waals surface area contributed by atoms with E-state index in [9.17, 15) is 0 Å². The van der Waals surface area contributed by atoms with Gasteiger partial charge in [0.2, 0.25) is 0 Å². The van der Waals surface area contributed by atoms with Crippen LogP contribution in [0.25, 0.3) is 117 Å². The Hall–Kier alpha value is -7.83. The van der Waals surface area contributed by atoms with E-state index < -0.39 is 0 Å². The number of benzene rings is 8. The van der Waals surface area contributed by atoms with E-state index in [-0.39, 0.29) is 0 Å². The molecule has 266 valence electrons. The van der Waals surface area contributed by atoms with Crippen molar-refractivity contribution in [3.8, 4) is 51.0 Å². The van der Waals surface area contributed by atoms with Crippen LogP contribution in [0.15, 0.2) is 191 Å². The lowest BCUT2D eigenvalue weighted by Crippen LogP contribution is -2.00. The molecule has 0 N–H and O–H groups in total. The summed E-state index contributed by atoms with van der Waals surface area (Å²) in [6, 6.07) is 62.6. The van der Waals surface area contributed by atoms with Gasteiger partial charge in [0.15, 0.2) is 23.1 Å². The van der Waals surface area contributed by atoms with Gasteiger partial charge in [-0.15, -0.1) is 0 Å². The fourth-order valence-electron chi connectivity index (χ4n) is 8.39. The average Bonchev–Trinajstić information content (AvgIpc) is 3.96. The average molecular weight is 731 g/mol. The molecule has 0 aliphatic rings. The molecule has 57 heavy (non-hydrogen) atoms. The summed E-state index contributed by atoms with van der Waals surface area (Å²) in [5, 5.41) is 6.39. The van der Waals surface area contributed by atoms with Crippen molar-refractivity contribution in [2.24, 2.45) is 0 Å². The van der Waals surface area contributed by atoms with Gasteiger partial charge in [0.1, 0.15) is 16.7 Å².